The number of anilines is 1. The van der Waals surface area contributed by atoms with Crippen LogP contribution in [0.25, 0.3) is 0 Å². The van der Waals surface area contributed by atoms with Crippen LogP contribution in [0, 0.1) is 20.8 Å². The summed E-state index contributed by atoms with van der Waals surface area (Å²) in [6, 6.07) is 12.1. The Morgan fingerprint density at radius 1 is 1.00 bits per heavy atom. The number of benzene rings is 2. The van der Waals surface area contributed by atoms with E-state index in [2.05, 4.69) is 5.32 Å². The van der Waals surface area contributed by atoms with E-state index in [1.165, 1.54) is 9.87 Å². The van der Waals surface area contributed by atoms with Crippen LogP contribution < -0.4 is 9.62 Å². The largest absolute Gasteiger partial charge is 0.348 e. The van der Waals surface area contributed by atoms with Gasteiger partial charge in [-0.15, -0.1) is 0 Å². The molecule has 1 N–H and O–H groups in total. The molecule has 0 fully saturated rings. The average Bonchev–Trinajstić information content (AvgIpc) is 2.56. The number of nitrogens with zero attached hydrogens (tertiary/aromatic N) is 1. The average molecular weight is 389 g/mol. The first-order valence-electron chi connectivity index (χ1n) is 8.94. The van der Waals surface area contributed by atoms with E-state index >= 15 is 0 Å². The molecule has 0 heterocycles. The van der Waals surface area contributed by atoms with Crippen LogP contribution in [0.4, 0.5) is 5.69 Å². The van der Waals surface area contributed by atoms with Gasteiger partial charge in [0.25, 0.3) is 0 Å². The Hall–Kier alpha value is -2.34. The minimum absolute atomic E-state index is 0.224. The number of rotatable bonds is 6. The summed E-state index contributed by atoms with van der Waals surface area (Å²) in [5, 5.41) is 2.93. The minimum atomic E-state index is -3.62. The van der Waals surface area contributed by atoms with Crippen molar-refractivity contribution in [1.29, 1.82) is 0 Å². The van der Waals surface area contributed by atoms with E-state index in [1.54, 1.807) is 25.1 Å². The van der Waals surface area contributed by atoms with Crippen LogP contribution in [0.3, 0.4) is 0 Å². The molecule has 2 atom stereocenters. The smallest absolute Gasteiger partial charge is 0.244 e. The molecular weight excluding hydrogens is 360 g/mol. The van der Waals surface area contributed by atoms with Gasteiger partial charge < -0.3 is 5.32 Å². The highest BCUT2D eigenvalue weighted by Crippen LogP contribution is 2.23. The Kier molecular flexibility index (Phi) is 6.31. The highest BCUT2D eigenvalue weighted by Gasteiger charge is 2.29. The molecule has 0 aliphatic heterocycles. The Morgan fingerprint density at radius 3 is 2.22 bits per heavy atom. The fourth-order valence-corrected chi connectivity index (χ4v) is 4.19. The molecule has 0 bridgehead atoms. The first-order chi connectivity index (χ1) is 12.5. The summed E-state index contributed by atoms with van der Waals surface area (Å²) in [5.41, 5.74) is 4.74. The second-order valence-electron chi connectivity index (χ2n) is 7.15. The molecule has 0 radical (unpaired) electrons. The zero-order chi connectivity index (χ0) is 20.4. The summed E-state index contributed by atoms with van der Waals surface area (Å²) < 4.78 is 25.9. The number of carbonyl (C=O) groups excluding carboxylic acids is 1. The van der Waals surface area contributed by atoms with Gasteiger partial charge >= 0.3 is 0 Å². The van der Waals surface area contributed by atoms with Crippen LogP contribution in [0.5, 0.6) is 0 Å². The lowest BCUT2D eigenvalue weighted by atomic mass is 10.0. The number of sulfonamides is 1. The van der Waals surface area contributed by atoms with Gasteiger partial charge in [-0.3, -0.25) is 9.10 Å². The van der Waals surface area contributed by atoms with Gasteiger partial charge in [0.1, 0.15) is 6.04 Å². The first-order valence-corrected chi connectivity index (χ1v) is 10.8. The van der Waals surface area contributed by atoms with Gasteiger partial charge in [0.05, 0.1) is 18.0 Å². The van der Waals surface area contributed by atoms with Crippen molar-refractivity contribution >= 4 is 21.6 Å². The lowest BCUT2D eigenvalue weighted by Crippen LogP contribution is -2.48. The van der Waals surface area contributed by atoms with E-state index in [4.69, 9.17) is 0 Å². The predicted molar refractivity (Wildman–Crippen MR) is 110 cm³/mol. The van der Waals surface area contributed by atoms with Crippen LogP contribution in [0.1, 0.15) is 42.1 Å². The molecule has 146 valence electrons. The number of hydrogen-bond donors (Lipinski definition) is 1. The molecule has 1 amide bonds. The summed E-state index contributed by atoms with van der Waals surface area (Å²) in [5.74, 6) is -0.340. The van der Waals surface area contributed by atoms with Crippen molar-refractivity contribution < 1.29 is 13.2 Å². The van der Waals surface area contributed by atoms with Gasteiger partial charge in [-0.1, -0.05) is 30.3 Å². The zero-order valence-electron chi connectivity index (χ0n) is 16.8. The third-order valence-corrected chi connectivity index (χ3v) is 5.98. The first kappa shape index (κ1) is 21.0. The van der Waals surface area contributed by atoms with Crippen LogP contribution in [-0.2, 0) is 14.8 Å². The standard InChI is InChI=1S/C21H28N2O3S/c1-14-8-7-9-20(12-14)23(27(6,25)26)18(5)21(24)22-17(4)19-11-10-15(2)16(3)13-19/h7-13,17-18H,1-6H3,(H,22,24)/t17-,18-/m0/s1. The summed E-state index contributed by atoms with van der Waals surface area (Å²) in [4.78, 5) is 12.8. The van der Waals surface area contributed by atoms with Gasteiger partial charge in [-0.2, -0.15) is 0 Å². The number of hydrogen-bond acceptors (Lipinski definition) is 3. The monoisotopic (exact) mass is 388 g/mol. The Labute approximate surface area is 162 Å². The highest BCUT2D eigenvalue weighted by atomic mass is 32.2. The lowest BCUT2D eigenvalue weighted by molar-refractivity contribution is -0.122. The Balaban J connectivity index is 2.25. The molecule has 0 aromatic heterocycles. The maximum absolute atomic E-state index is 12.8. The van der Waals surface area contributed by atoms with E-state index in [9.17, 15) is 13.2 Å². The third-order valence-electron chi connectivity index (χ3n) is 4.73. The van der Waals surface area contributed by atoms with Crippen LogP contribution >= 0.6 is 0 Å². The van der Waals surface area contributed by atoms with Crippen LogP contribution in [0.2, 0.25) is 0 Å². The van der Waals surface area contributed by atoms with Crippen molar-refractivity contribution in [1.82, 2.24) is 5.32 Å². The van der Waals surface area contributed by atoms with Crippen molar-refractivity contribution in [2.75, 3.05) is 10.6 Å². The molecule has 0 aliphatic carbocycles. The highest BCUT2D eigenvalue weighted by molar-refractivity contribution is 7.92. The van der Waals surface area contributed by atoms with Gasteiger partial charge in [-0.25, -0.2) is 8.42 Å². The van der Waals surface area contributed by atoms with Crippen molar-refractivity contribution in [2.24, 2.45) is 0 Å². The molecule has 2 rings (SSSR count). The molecule has 27 heavy (non-hydrogen) atoms. The molecule has 0 aliphatic rings. The second kappa shape index (κ2) is 8.13. The van der Waals surface area contributed by atoms with E-state index in [0.29, 0.717) is 5.69 Å². The number of carbonyl (C=O) groups is 1. The molecule has 0 saturated heterocycles. The summed E-state index contributed by atoms with van der Waals surface area (Å²) in [7, 11) is -3.62. The Morgan fingerprint density at radius 2 is 1.67 bits per heavy atom. The molecule has 0 saturated carbocycles. The van der Waals surface area contributed by atoms with E-state index in [0.717, 1.165) is 22.9 Å². The normalized spacial score (nSPS) is 13.7. The molecular formula is C21H28N2O3S. The maximum atomic E-state index is 12.8. The summed E-state index contributed by atoms with van der Waals surface area (Å²) in [6.45, 7) is 9.45. The topological polar surface area (TPSA) is 66.5 Å². The van der Waals surface area contributed by atoms with Crippen LogP contribution in [0.15, 0.2) is 42.5 Å². The zero-order valence-corrected chi connectivity index (χ0v) is 17.6. The van der Waals surface area contributed by atoms with Crippen LogP contribution in [-0.4, -0.2) is 26.6 Å². The van der Waals surface area contributed by atoms with E-state index in [1.807, 2.05) is 52.0 Å². The molecule has 0 spiro atoms. The van der Waals surface area contributed by atoms with Crippen molar-refractivity contribution in [3.8, 4) is 0 Å². The Bertz CT molecular complexity index is 938. The summed E-state index contributed by atoms with van der Waals surface area (Å²) >= 11 is 0. The molecule has 2 aromatic carbocycles. The van der Waals surface area contributed by atoms with Crippen molar-refractivity contribution in [2.45, 2.75) is 46.7 Å². The van der Waals surface area contributed by atoms with Gasteiger partial charge in [0, 0.05) is 0 Å². The fourth-order valence-electron chi connectivity index (χ4n) is 3.03. The third kappa shape index (κ3) is 5.10. The second-order valence-corrected chi connectivity index (χ2v) is 9.01. The molecule has 0 unspecified atom stereocenters. The molecule has 5 nitrogen and oxygen atoms in total. The number of nitrogens with one attached hydrogen (secondary N) is 1. The van der Waals surface area contributed by atoms with Gasteiger partial charge in [-0.05, 0) is 69.0 Å². The molecule has 6 heteroatoms. The number of amides is 1. The van der Waals surface area contributed by atoms with Gasteiger partial charge in [0.2, 0.25) is 15.9 Å². The fraction of sp³-hybridized carbons (Fsp3) is 0.381. The lowest BCUT2D eigenvalue weighted by Gasteiger charge is -2.29. The van der Waals surface area contributed by atoms with Gasteiger partial charge in [0.15, 0.2) is 0 Å². The minimum Gasteiger partial charge on any atom is -0.348 e. The predicted octanol–water partition coefficient (Wildman–Crippen LogP) is 3.64. The van der Waals surface area contributed by atoms with Crippen molar-refractivity contribution in [3.05, 3.63) is 64.7 Å². The van der Waals surface area contributed by atoms with E-state index < -0.39 is 16.1 Å². The van der Waals surface area contributed by atoms with E-state index in [-0.39, 0.29) is 11.9 Å². The maximum Gasteiger partial charge on any atom is 0.244 e. The summed E-state index contributed by atoms with van der Waals surface area (Å²) in [6.07, 6.45) is 1.12. The number of aryl methyl sites for hydroxylation is 3. The van der Waals surface area contributed by atoms with Crippen molar-refractivity contribution in [3.63, 3.8) is 0 Å². The SMILES string of the molecule is Cc1cccc(N([C@@H](C)C(=O)N[C@@H](C)c2ccc(C)c(C)c2)S(C)(=O)=O)c1. The molecule has 2 aromatic rings. The quantitative estimate of drug-likeness (QED) is 0.821.